The van der Waals surface area contributed by atoms with Crippen LogP contribution in [0.2, 0.25) is 0 Å². The molecule has 0 radical (unpaired) electrons. The summed E-state index contributed by atoms with van der Waals surface area (Å²) in [4.78, 5) is 12.2. The molecule has 0 saturated carbocycles. The number of halogens is 3. The minimum absolute atomic E-state index is 0.0304. The number of para-hydroxylation sites is 1. The van der Waals surface area contributed by atoms with Crippen molar-refractivity contribution < 1.29 is 32.2 Å². The molecule has 1 amide bonds. The molecular weight excluding hydrogens is 363 g/mol. The molecule has 5 nitrogen and oxygen atoms in total. The Kier molecular flexibility index (Phi) is 7.79. The third-order valence-electron chi connectivity index (χ3n) is 3.59. The quantitative estimate of drug-likeness (QED) is 0.630. The molecule has 1 N–H and O–H groups in total. The Hall–Kier alpha value is -2.90. The smallest absolute Gasteiger partial charge is 0.387 e. The van der Waals surface area contributed by atoms with E-state index in [1.54, 1.807) is 0 Å². The molecule has 27 heavy (non-hydrogen) atoms. The number of methoxy groups -OCH3 is 1. The lowest BCUT2D eigenvalue weighted by molar-refractivity contribution is -0.0515. The van der Waals surface area contributed by atoms with Crippen LogP contribution in [0, 0.1) is 5.82 Å². The van der Waals surface area contributed by atoms with Crippen LogP contribution in [-0.4, -0.2) is 32.8 Å². The number of unbranched alkanes of at least 4 members (excludes halogenated alkanes) is 1. The molecular formula is C19H20F3NO4. The normalized spacial score (nSPS) is 10.6. The number of amides is 1. The first-order valence-electron chi connectivity index (χ1n) is 8.29. The summed E-state index contributed by atoms with van der Waals surface area (Å²) < 4.78 is 52.8. The summed E-state index contributed by atoms with van der Waals surface area (Å²) >= 11 is 0. The highest BCUT2D eigenvalue weighted by Gasteiger charge is 2.19. The van der Waals surface area contributed by atoms with Crippen molar-refractivity contribution in [3.8, 4) is 17.2 Å². The number of nitrogens with one attached hydrogen (secondary N) is 1. The highest BCUT2D eigenvalue weighted by atomic mass is 19.3. The van der Waals surface area contributed by atoms with E-state index in [4.69, 9.17) is 9.47 Å². The molecule has 0 spiro atoms. The molecule has 0 aliphatic rings. The molecule has 146 valence electrons. The van der Waals surface area contributed by atoms with Gasteiger partial charge in [-0.1, -0.05) is 6.07 Å². The molecule has 0 aromatic heterocycles. The van der Waals surface area contributed by atoms with Crippen LogP contribution >= 0.6 is 0 Å². The average Bonchev–Trinajstić information content (AvgIpc) is 2.65. The predicted molar refractivity (Wildman–Crippen MR) is 93.1 cm³/mol. The summed E-state index contributed by atoms with van der Waals surface area (Å²) in [6, 6.07) is 10.0. The van der Waals surface area contributed by atoms with Gasteiger partial charge >= 0.3 is 6.61 Å². The first kappa shape index (κ1) is 20.4. The average molecular weight is 383 g/mol. The second-order valence-electron chi connectivity index (χ2n) is 5.48. The first-order valence-corrected chi connectivity index (χ1v) is 8.29. The third kappa shape index (κ3) is 6.40. The number of rotatable bonds is 10. The molecule has 0 unspecified atom stereocenters. The summed E-state index contributed by atoms with van der Waals surface area (Å²) in [5.41, 5.74) is -0.0304. The van der Waals surface area contributed by atoms with Gasteiger partial charge in [0.1, 0.15) is 11.6 Å². The highest BCUT2D eigenvalue weighted by Crippen LogP contribution is 2.32. The number of carbonyl (C=O) groups is 1. The van der Waals surface area contributed by atoms with Crippen LogP contribution in [0.25, 0.3) is 0 Å². The van der Waals surface area contributed by atoms with Crippen LogP contribution < -0.4 is 19.5 Å². The van der Waals surface area contributed by atoms with E-state index in [0.29, 0.717) is 31.7 Å². The van der Waals surface area contributed by atoms with Crippen molar-refractivity contribution in [2.24, 2.45) is 0 Å². The molecule has 0 saturated heterocycles. The summed E-state index contributed by atoms with van der Waals surface area (Å²) in [6.07, 6.45) is 1.26. The van der Waals surface area contributed by atoms with Gasteiger partial charge in [0.2, 0.25) is 0 Å². The fourth-order valence-corrected chi connectivity index (χ4v) is 2.31. The molecule has 2 aromatic carbocycles. The van der Waals surface area contributed by atoms with E-state index >= 15 is 0 Å². The van der Waals surface area contributed by atoms with Gasteiger partial charge in [-0.15, -0.1) is 0 Å². The fraction of sp³-hybridized carbons (Fsp3) is 0.316. The number of carbonyl (C=O) groups excluding carboxylic acids is 1. The van der Waals surface area contributed by atoms with E-state index in [1.807, 2.05) is 0 Å². The fourth-order valence-electron chi connectivity index (χ4n) is 2.31. The zero-order valence-corrected chi connectivity index (χ0v) is 14.7. The zero-order valence-electron chi connectivity index (χ0n) is 14.7. The Morgan fingerprint density at radius 1 is 1.11 bits per heavy atom. The second-order valence-corrected chi connectivity index (χ2v) is 5.48. The van der Waals surface area contributed by atoms with Gasteiger partial charge in [-0.05, 0) is 49.2 Å². The Balaban J connectivity index is 1.79. The summed E-state index contributed by atoms with van der Waals surface area (Å²) in [5.74, 6) is -0.560. The van der Waals surface area contributed by atoms with Crippen LogP contribution in [0.15, 0.2) is 42.5 Å². The van der Waals surface area contributed by atoms with Crippen LogP contribution in [0.1, 0.15) is 23.2 Å². The van der Waals surface area contributed by atoms with E-state index in [0.717, 1.165) is 0 Å². The van der Waals surface area contributed by atoms with Crippen LogP contribution in [0.4, 0.5) is 13.2 Å². The molecule has 0 bridgehead atoms. The third-order valence-corrected chi connectivity index (χ3v) is 3.59. The second kappa shape index (κ2) is 10.3. The van der Waals surface area contributed by atoms with Gasteiger partial charge in [-0.3, -0.25) is 4.79 Å². The topological polar surface area (TPSA) is 56.8 Å². The van der Waals surface area contributed by atoms with Crippen molar-refractivity contribution in [2.45, 2.75) is 19.5 Å². The van der Waals surface area contributed by atoms with Gasteiger partial charge in [-0.25, -0.2) is 4.39 Å². The van der Waals surface area contributed by atoms with Gasteiger partial charge in [0.05, 0.1) is 19.3 Å². The predicted octanol–water partition coefficient (Wildman–Crippen LogP) is 4.02. The largest absolute Gasteiger partial charge is 0.494 e. The van der Waals surface area contributed by atoms with E-state index in [9.17, 15) is 18.0 Å². The highest BCUT2D eigenvalue weighted by molar-refractivity contribution is 5.97. The molecule has 8 heteroatoms. The lowest BCUT2D eigenvalue weighted by atomic mass is 10.1. The monoisotopic (exact) mass is 383 g/mol. The van der Waals surface area contributed by atoms with Crippen LogP contribution in [-0.2, 0) is 0 Å². The Morgan fingerprint density at radius 3 is 2.52 bits per heavy atom. The summed E-state index contributed by atoms with van der Waals surface area (Å²) in [5, 5.41) is 2.65. The minimum Gasteiger partial charge on any atom is -0.494 e. The lowest BCUT2D eigenvalue weighted by Gasteiger charge is -2.14. The molecule has 0 fully saturated rings. The Morgan fingerprint density at radius 2 is 1.85 bits per heavy atom. The molecule has 0 heterocycles. The number of ether oxygens (including phenoxy) is 3. The number of alkyl halides is 2. The number of benzene rings is 2. The van der Waals surface area contributed by atoms with Gasteiger partial charge in [0.25, 0.3) is 5.91 Å². The lowest BCUT2D eigenvalue weighted by Crippen LogP contribution is -2.25. The van der Waals surface area contributed by atoms with Crippen LogP contribution in [0.5, 0.6) is 17.2 Å². The number of hydrogen-bond acceptors (Lipinski definition) is 4. The summed E-state index contributed by atoms with van der Waals surface area (Å²) in [7, 11) is 1.30. The SMILES string of the molecule is COc1cccc(C(=O)NCCCCOc2ccc(F)cc2)c1OC(F)F. The maximum Gasteiger partial charge on any atom is 0.387 e. The van der Waals surface area contributed by atoms with Crippen molar-refractivity contribution in [3.05, 3.63) is 53.8 Å². The van der Waals surface area contributed by atoms with Crippen molar-refractivity contribution >= 4 is 5.91 Å². The van der Waals surface area contributed by atoms with Crippen LogP contribution in [0.3, 0.4) is 0 Å². The first-order chi connectivity index (χ1) is 13.0. The molecule has 0 aliphatic carbocycles. The van der Waals surface area contributed by atoms with Gasteiger partial charge in [0.15, 0.2) is 11.5 Å². The van der Waals surface area contributed by atoms with Gasteiger partial charge < -0.3 is 19.5 Å². The maximum absolute atomic E-state index is 12.8. The molecule has 2 aromatic rings. The van der Waals surface area contributed by atoms with E-state index in [1.165, 1.54) is 49.6 Å². The van der Waals surface area contributed by atoms with Crippen molar-refractivity contribution in [2.75, 3.05) is 20.3 Å². The minimum atomic E-state index is -3.07. The van der Waals surface area contributed by atoms with Crippen molar-refractivity contribution in [1.82, 2.24) is 5.32 Å². The van der Waals surface area contributed by atoms with Crippen molar-refractivity contribution in [1.29, 1.82) is 0 Å². The molecule has 2 rings (SSSR count). The standard InChI is InChI=1S/C19H20F3NO4/c1-25-16-6-4-5-15(17(16)27-19(21)22)18(24)23-11-2-3-12-26-14-9-7-13(20)8-10-14/h4-10,19H,2-3,11-12H2,1H3,(H,23,24). The maximum atomic E-state index is 12.8. The zero-order chi connectivity index (χ0) is 19.6. The molecule has 0 aliphatic heterocycles. The van der Waals surface area contributed by atoms with Crippen molar-refractivity contribution in [3.63, 3.8) is 0 Å². The van der Waals surface area contributed by atoms with Gasteiger partial charge in [-0.2, -0.15) is 8.78 Å². The van der Waals surface area contributed by atoms with E-state index < -0.39 is 12.5 Å². The van der Waals surface area contributed by atoms with E-state index in [2.05, 4.69) is 10.1 Å². The Labute approximate surface area is 155 Å². The Bertz CT molecular complexity index is 738. The van der Waals surface area contributed by atoms with E-state index in [-0.39, 0.29) is 22.9 Å². The number of hydrogen-bond donors (Lipinski definition) is 1. The molecule has 0 atom stereocenters. The van der Waals surface area contributed by atoms with Gasteiger partial charge in [0, 0.05) is 6.54 Å². The summed E-state index contributed by atoms with van der Waals surface area (Å²) in [6.45, 7) is -2.34.